The van der Waals surface area contributed by atoms with Crippen LogP contribution in [0.3, 0.4) is 0 Å². The van der Waals surface area contributed by atoms with Gasteiger partial charge in [0.2, 0.25) is 11.4 Å². The van der Waals surface area contributed by atoms with Crippen molar-refractivity contribution in [2.45, 2.75) is 0 Å². The highest BCUT2D eigenvalue weighted by molar-refractivity contribution is 14.1. The number of nitrogens with two attached hydrogens (primary N) is 1. The van der Waals surface area contributed by atoms with Crippen LogP contribution in [-0.2, 0) is 0 Å². The Morgan fingerprint density at radius 2 is 0.611 bits per heavy atom. The van der Waals surface area contributed by atoms with Gasteiger partial charge in [-0.2, -0.15) is 0 Å². The maximum Gasteiger partial charge on any atom is 0.213 e. The van der Waals surface area contributed by atoms with E-state index < -0.39 is 25.5 Å². The SMILES string of the molecule is CI.Nc1ccc2c(c1)oc1ccccc12.[B][B]B(B([B])[B])B(B([B])[B])B([B])[B].c1ccc(-n2c3cc(-c4ccc(N(c5ccc6c(c5)oc5ccccc56)c5ccc6c(c5)oc5ccccc56)cc4)ccc3c3c4ccccc4oc32)cc1.c1ccc(-n2c3cc(-c4ccc(Nc5ccc6c(c5)oc5ccccc56)cc4)ccc3c3c4ccccc4oc32)cc1. The standard InChI is InChI=1S/C50H30N2O3.C38H24N2O2.C12H9NO.CH3I.B13/c1-2-10-33(11-3-1)52-43-28-32(20-25-41(43)49-42-14-6-9-17-46(42)55-50(49)52)31-18-21-34(22-19-31)51(35-23-26-39-37-12-4-7-15-44(37)53-47(39)29-35)36-24-27-40-38-13-5-8-16-45(38)54-48(40)30-36;1-2-8-28(9-3-1)40-33-22-25(16-20-31(33)37-32-11-5-7-13-35(32)42-38(37)40)24-14-17-26(18-15-24)39-27-19-21-30-29-10-4-6-12-34(29)41-36(30)23-27;13-8-5-6-10-9-3-1-2-4-11(9)14-12(10)7-8;1-2;1-8-12(9(2)3)13(10(4)5)11(6)7/h1-30H;1-23,39H;1-7H,13H2;1H3;. The molecule has 8 heterocycles. The maximum absolute atomic E-state index is 6.53. The lowest BCUT2D eigenvalue weighted by atomic mass is 8.50. The van der Waals surface area contributed by atoms with E-state index in [0.717, 1.165) is 216 Å². The minimum Gasteiger partial charge on any atom is -0.456 e. The normalized spacial score (nSPS) is 11.3. The Labute approximate surface area is 751 Å². The van der Waals surface area contributed by atoms with E-state index >= 15 is 0 Å². The minimum atomic E-state index is -0.695. The molecule has 126 heavy (non-hydrogen) atoms. The third kappa shape index (κ3) is 15.0. The fourth-order valence-corrected chi connectivity index (χ4v) is 17.7. The Kier molecular flexibility index (Phi) is 22.1. The zero-order valence-electron chi connectivity index (χ0n) is 68.4. The molecule has 0 aliphatic heterocycles. The van der Waals surface area contributed by atoms with Gasteiger partial charge in [-0.05, 0) is 173 Å². The van der Waals surface area contributed by atoms with E-state index in [-0.39, 0.29) is 6.39 Å². The lowest BCUT2D eigenvalue weighted by molar-refractivity contribution is 0.645. The van der Waals surface area contributed by atoms with Gasteiger partial charge in [0.15, 0.2) is 0 Å². The molecule has 11 nitrogen and oxygen atoms in total. The third-order valence-electron chi connectivity index (χ3n) is 23.6. The summed E-state index contributed by atoms with van der Waals surface area (Å²) in [6.45, 7) is 0. The highest BCUT2D eigenvalue weighted by atomic mass is 127. The van der Waals surface area contributed by atoms with Crippen LogP contribution in [0.15, 0.2) is 390 Å². The molecule has 0 aliphatic carbocycles. The van der Waals surface area contributed by atoms with Gasteiger partial charge in [-0.25, -0.2) is 0 Å². The van der Waals surface area contributed by atoms with Crippen molar-refractivity contribution in [3.8, 4) is 33.6 Å². The quantitative estimate of drug-likeness (QED) is 0.0473. The second-order valence-corrected chi connectivity index (χ2v) is 31.2. The molecule has 16 aromatic carbocycles. The molecule has 15 radical (unpaired) electrons. The summed E-state index contributed by atoms with van der Waals surface area (Å²) in [5, 5.41) is 19.4. The molecule has 25 heteroatoms. The molecule has 577 valence electrons. The molecule has 3 N–H and O–H groups in total. The number of nitrogen functional groups attached to an aromatic ring is 1. The summed E-state index contributed by atoms with van der Waals surface area (Å²) in [6.07, 6.45) is -2.87. The predicted octanol–water partition coefficient (Wildman–Crippen LogP) is 24.6. The first kappa shape index (κ1) is 80.8. The molecular weight excluding hydrogens is 1650 g/mol. The van der Waals surface area contributed by atoms with Crippen LogP contribution in [0.4, 0.5) is 34.1 Å². The summed E-state index contributed by atoms with van der Waals surface area (Å²) in [5.74, 6) is 0. The van der Waals surface area contributed by atoms with Crippen molar-refractivity contribution in [2.24, 2.45) is 0 Å². The summed E-state index contributed by atoms with van der Waals surface area (Å²) in [6, 6.07) is 126. The zero-order valence-corrected chi connectivity index (χ0v) is 70.6. The Morgan fingerprint density at radius 3 is 1.01 bits per heavy atom. The molecule has 0 bridgehead atoms. The number of nitrogens with zero attached hydrogens (tertiary/aromatic N) is 3. The van der Waals surface area contributed by atoms with E-state index in [0.29, 0.717) is 0 Å². The highest BCUT2D eigenvalue weighted by Gasteiger charge is 2.33. The van der Waals surface area contributed by atoms with Crippen molar-refractivity contribution >= 4 is 304 Å². The lowest BCUT2D eigenvalue weighted by Crippen LogP contribution is -2.69. The monoisotopic (exact) mass is 1710 g/mol. The molecule has 0 saturated carbocycles. The van der Waals surface area contributed by atoms with Crippen molar-refractivity contribution in [2.75, 3.05) is 20.9 Å². The fraction of sp³-hybridized carbons (Fsp3) is 0.00990. The van der Waals surface area contributed by atoms with E-state index in [9.17, 15) is 0 Å². The van der Waals surface area contributed by atoms with Crippen molar-refractivity contribution in [1.82, 2.24) is 9.13 Å². The fourth-order valence-electron chi connectivity index (χ4n) is 17.7. The second kappa shape index (κ2) is 34.5. The van der Waals surface area contributed by atoms with Gasteiger partial charge in [-0.1, -0.05) is 217 Å². The molecule has 0 saturated heterocycles. The third-order valence-corrected chi connectivity index (χ3v) is 23.6. The number of halogens is 1. The number of aromatic nitrogens is 2. The Morgan fingerprint density at radius 1 is 0.294 bits per heavy atom. The Balaban J connectivity index is 0.000000123. The summed E-state index contributed by atoms with van der Waals surface area (Å²) < 4.78 is 41.9. The molecular formula is C101H66B13IN5O6. The van der Waals surface area contributed by atoms with Crippen molar-refractivity contribution in [3.63, 3.8) is 0 Å². The number of alkyl halides is 1. The van der Waals surface area contributed by atoms with Gasteiger partial charge >= 0.3 is 0 Å². The first-order chi connectivity index (χ1) is 61.8. The molecule has 0 aliphatic rings. The smallest absolute Gasteiger partial charge is 0.213 e. The number of fused-ring (bicyclic) bond motifs is 22. The molecule has 24 rings (SSSR count). The van der Waals surface area contributed by atoms with E-state index in [2.05, 4.69) is 291 Å². The molecule has 0 unspecified atom stereocenters. The van der Waals surface area contributed by atoms with Gasteiger partial charge in [-0.3, -0.25) is 9.13 Å². The summed E-state index contributed by atoms with van der Waals surface area (Å²) >= 11 is 2.15. The van der Waals surface area contributed by atoms with Gasteiger partial charge in [-0.15, -0.1) is 0 Å². The molecule has 0 fully saturated rings. The number of benzene rings is 16. The van der Waals surface area contributed by atoms with Crippen LogP contribution < -0.4 is 16.0 Å². The molecule has 0 spiro atoms. The Bertz CT molecular complexity index is 8030. The average Bonchev–Trinajstić information content (AvgIpc) is 1.56. The van der Waals surface area contributed by atoms with Crippen LogP contribution >= 0.6 is 22.6 Å². The zero-order chi connectivity index (χ0) is 85.8. The topological polar surface area (TPSA) is 130 Å². The Hall–Kier alpha value is -13.6. The molecule has 0 atom stereocenters. The van der Waals surface area contributed by atoms with Gasteiger partial charge in [0.1, 0.15) is 55.8 Å². The number of rotatable bonds is 14. The summed E-state index contributed by atoms with van der Waals surface area (Å²) in [7, 11) is 39.5. The maximum atomic E-state index is 6.53. The summed E-state index contributed by atoms with van der Waals surface area (Å²) in [4.78, 5) is 4.24. The molecule has 0 amide bonds. The average molecular weight is 1710 g/mol. The van der Waals surface area contributed by atoms with E-state index in [4.69, 9.17) is 86.4 Å². The highest BCUT2D eigenvalue weighted by Crippen LogP contribution is 2.46. The van der Waals surface area contributed by atoms with Crippen LogP contribution in [0, 0.1) is 0 Å². The van der Waals surface area contributed by atoms with Crippen molar-refractivity contribution < 1.29 is 26.5 Å². The first-order valence-electron chi connectivity index (χ1n) is 41.5. The number of anilines is 6. The van der Waals surface area contributed by atoms with Crippen LogP contribution in [0.5, 0.6) is 0 Å². The van der Waals surface area contributed by atoms with Gasteiger partial charge in [0.05, 0.1) is 21.8 Å². The molecule has 8 aromatic heterocycles. The van der Waals surface area contributed by atoms with Gasteiger partial charge in [0, 0.05) is 228 Å². The second-order valence-electron chi connectivity index (χ2n) is 31.2. The summed E-state index contributed by atoms with van der Waals surface area (Å²) in [5.41, 5.74) is 30.9. The number of furan rings is 6. The van der Waals surface area contributed by atoms with Crippen LogP contribution in [0.2, 0.25) is 0 Å². The van der Waals surface area contributed by atoms with Crippen molar-refractivity contribution in [1.29, 1.82) is 0 Å². The molecule has 24 aromatic rings. The largest absolute Gasteiger partial charge is 0.456 e. The van der Waals surface area contributed by atoms with E-state index in [1.165, 1.54) is 12.4 Å². The van der Waals surface area contributed by atoms with E-state index in [1.54, 1.807) is 0 Å². The number of hydrogen-bond donors (Lipinski definition) is 2. The first-order valence-corrected chi connectivity index (χ1v) is 43.6. The van der Waals surface area contributed by atoms with Gasteiger partial charge in [0.25, 0.3) is 0 Å². The van der Waals surface area contributed by atoms with Gasteiger partial charge < -0.3 is 42.5 Å². The van der Waals surface area contributed by atoms with Crippen LogP contribution in [-0.4, -0.2) is 107 Å². The number of nitrogens with one attached hydrogen (secondary N) is 1. The number of hydrogen-bond acceptors (Lipinski definition) is 9. The number of para-hydroxylation sites is 8. The van der Waals surface area contributed by atoms with Crippen LogP contribution in [0.1, 0.15) is 0 Å². The lowest BCUT2D eigenvalue weighted by Gasteiger charge is -2.31. The van der Waals surface area contributed by atoms with Crippen LogP contribution in [0.25, 0.3) is 187 Å². The predicted molar refractivity (Wildman–Crippen MR) is 551 cm³/mol. The van der Waals surface area contributed by atoms with E-state index in [1.807, 2.05) is 120 Å². The minimum absolute atomic E-state index is 0.389. The van der Waals surface area contributed by atoms with Crippen molar-refractivity contribution in [3.05, 3.63) is 364 Å².